The number of nitrogens with zero attached hydrogens (tertiary/aromatic N) is 1. The predicted octanol–water partition coefficient (Wildman–Crippen LogP) is 5.35. The summed E-state index contributed by atoms with van der Waals surface area (Å²) in [5, 5.41) is 0. The first kappa shape index (κ1) is 25.3. The fourth-order valence-corrected chi connectivity index (χ4v) is 3.37. The number of carbonyl (C=O) groups excluding carboxylic acids is 2. The Hall–Kier alpha value is -4.79. The van der Waals surface area contributed by atoms with E-state index in [0.29, 0.717) is 12.2 Å². The van der Waals surface area contributed by atoms with Gasteiger partial charge < -0.3 is 18.3 Å². The zero-order chi connectivity index (χ0) is 26.2. The third kappa shape index (κ3) is 6.66. The van der Waals surface area contributed by atoms with Crippen LogP contribution < -0.4 is 10.2 Å². The summed E-state index contributed by atoms with van der Waals surface area (Å²) in [7, 11) is 0. The maximum Gasteiger partial charge on any atom is 0.433 e. The highest BCUT2D eigenvalue weighted by molar-refractivity contribution is 6.07. The fourth-order valence-electron chi connectivity index (χ4n) is 3.37. The van der Waals surface area contributed by atoms with E-state index in [1.165, 1.54) is 18.2 Å². The van der Waals surface area contributed by atoms with Gasteiger partial charge in [0.05, 0.1) is 12.8 Å². The van der Waals surface area contributed by atoms with Gasteiger partial charge in [-0.2, -0.15) is 4.99 Å². The molecule has 2 heterocycles. The molecule has 0 radical (unpaired) electrons. The standard InChI is InChI=1S/C28H22FNO7/c1-2-34-28(33)30-16-22-15-23(31)26(35-17-19-6-4-3-5-7-19)27(37-22)25(32)24-13-12-21(36-24)14-18-8-10-20(29)11-9-18/h3-13,15-16H,2,14,17H2,1H3/b30-16+. The summed E-state index contributed by atoms with van der Waals surface area (Å²) in [5.41, 5.74) is 0.909. The number of halogens is 1. The molecule has 8 nitrogen and oxygen atoms in total. The molecule has 9 heteroatoms. The van der Waals surface area contributed by atoms with Crippen molar-refractivity contribution < 1.29 is 32.3 Å². The topological polar surface area (TPSA) is 108 Å². The summed E-state index contributed by atoms with van der Waals surface area (Å²) in [6, 6.07) is 19.1. The number of hydrogen-bond donors (Lipinski definition) is 0. The molecule has 4 aromatic rings. The number of ketones is 1. The van der Waals surface area contributed by atoms with Crippen molar-refractivity contribution in [3.05, 3.63) is 123 Å². The van der Waals surface area contributed by atoms with E-state index >= 15 is 0 Å². The molecule has 0 saturated carbocycles. The van der Waals surface area contributed by atoms with Crippen LogP contribution in [0.1, 0.15) is 45.9 Å². The van der Waals surface area contributed by atoms with Crippen molar-refractivity contribution in [2.45, 2.75) is 20.0 Å². The van der Waals surface area contributed by atoms with Crippen LogP contribution in [0.2, 0.25) is 0 Å². The largest absolute Gasteiger partial charge is 0.481 e. The van der Waals surface area contributed by atoms with Crippen LogP contribution >= 0.6 is 0 Å². The Morgan fingerprint density at radius 2 is 1.73 bits per heavy atom. The average molecular weight is 503 g/mol. The van der Waals surface area contributed by atoms with Crippen molar-refractivity contribution in [2.75, 3.05) is 6.61 Å². The normalized spacial score (nSPS) is 11.0. The van der Waals surface area contributed by atoms with Gasteiger partial charge in [0, 0.05) is 12.5 Å². The SMILES string of the molecule is CCOC(=O)/N=C/c1cc(=O)c(OCc2ccccc2)c(C(=O)c2ccc(Cc3ccc(F)cc3)o2)o1. The van der Waals surface area contributed by atoms with Gasteiger partial charge in [-0.3, -0.25) is 9.59 Å². The van der Waals surface area contributed by atoms with Crippen molar-refractivity contribution in [3.8, 4) is 5.75 Å². The van der Waals surface area contributed by atoms with Gasteiger partial charge in [0.2, 0.25) is 16.9 Å². The number of furan rings is 1. The molecule has 0 saturated heterocycles. The maximum atomic E-state index is 13.3. The predicted molar refractivity (Wildman–Crippen MR) is 132 cm³/mol. The third-order valence-electron chi connectivity index (χ3n) is 5.10. The van der Waals surface area contributed by atoms with E-state index in [1.54, 1.807) is 37.3 Å². The molecule has 2 aromatic carbocycles. The van der Waals surface area contributed by atoms with Crippen LogP contribution in [0.25, 0.3) is 0 Å². The lowest BCUT2D eigenvalue weighted by Gasteiger charge is -2.09. The molecule has 188 valence electrons. The van der Waals surface area contributed by atoms with Crippen LogP contribution in [-0.4, -0.2) is 24.7 Å². The quantitative estimate of drug-likeness (QED) is 0.224. The lowest BCUT2D eigenvalue weighted by Crippen LogP contribution is -2.15. The Morgan fingerprint density at radius 3 is 2.46 bits per heavy atom. The summed E-state index contributed by atoms with van der Waals surface area (Å²) in [5.74, 6) is -1.60. The summed E-state index contributed by atoms with van der Waals surface area (Å²) in [6.45, 7) is 1.75. The number of rotatable bonds is 9. The maximum absolute atomic E-state index is 13.3. The molecule has 0 spiro atoms. The van der Waals surface area contributed by atoms with Crippen LogP contribution in [0.15, 0.2) is 91.4 Å². The van der Waals surface area contributed by atoms with Gasteiger partial charge >= 0.3 is 6.09 Å². The molecule has 0 bridgehead atoms. The minimum absolute atomic E-state index is 0.0100. The zero-order valence-corrected chi connectivity index (χ0v) is 19.8. The molecule has 0 unspecified atom stereocenters. The minimum Gasteiger partial charge on any atom is -0.481 e. The summed E-state index contributed by atoms with van der Waals surface area (Å²) in [4.78, 5) is 41.4. The number of benzene rings is 2. The van der Waals surface area contributed by atoms with E-state index in [1.807, 2.05) is 18.2 Å². The molecular weight excluding hydrogens is 481 g/mol. The molecular formula is C28H22FNO7. The highest BCUT2D eigenvalue weighted by atomic mass is 19.1. The van der Waals surface area contributed by atoms with Gasteiger partial charge in [0.1, 0.15) is 23.9 Å². The second-order valence-electron chi connectivity index (χ2n) is 7.80. The van der Waals surface area contributed by atoms with Gasteiger partial charge in [0.15, 0.2) is 5.76 Å². The third-order valence-corrected chi connectivity index (χ3v) is 5.10. The van der Waals surface area contributed by atoms with Crippen molar-refractivity contribution in [3.63, 3.8) is 0 Å². The first-order valence-corrected chi connectivity index (χ1v) is 11.4. The molecule has 0 N–H and O–H groups in total. The molecule has 2 aromatic heterocycles. The highest BCUT2D eigenvalue weighted by Crippen LogP contribution is 2.23. The smallest absolute Gasteiger partial charge is 0.433 e. The average Bonchev–Trinajstić information content (AvgIpc) is 3.37. The number of carbonyl (C=O) groups is 2. The first-order valence-electron chi connectivity index (χ1n) is 11.4. The Bertz CT molecular complexity index is 1470. The van der Waals surface area contributed by atoms with Gasteiger partial charge in [-0.05, 0) is 42.3 Å². The van der Waals surface area contributed by atoms with E-state index < -0.39 is 23.1 Å². The Balaban J connectivity index is 1.64. The van der Waals surface area contributed by atoms with Crippen molar-refractivity contribution in [1.82, 2.24) is 0 Å². The van der Waals surface area contributed by atoms with E-state index in [-0.39, 0.29) is 36.3 Å². The molecule has 0 atom stereocenters. The monoisotopic (exact) mass is 503 g/mol. The minimum atomic E-state index is -0.876. The van der Waals surface area contributed by atoms with Gasteiger partial charge in [0.25, 0.3) is 5.78 Å². The second kappa shape index (κ2) is 11.8. The van der Waals surface area contributed by atoms with Crippen LogP contribution in [0.3, 0.4) is 0 Å². The van der Waals surface area contributed by atoms with E-state index in [0.717, 1.165) is 23.4 Å². The van der Waals surface area contributed by atoms with Gasteiger partial charge in [-0.1, -0.05) is 42.5 Å². The highest BCUT2D eigenvalue weighted by Gasteiger charge is 2.25. The molecule has 4 rings (SSSR count). The molecule has 0 aliphatic carbocycles. The lowest BCUT2D eigenvalue weighted by molar-refractivity contribution is 0.0970. The van der Waals surface area contributed by atoms with Crippen molar-refractivity contribution >= 4 is 18.1 Å². The molecule has 37 heavy (non-hydrogen) atoms. The van der Waals surface area contributed by atoms with E-state index in [9.17, 15) is 18.8 Å². The zero-order valence-electron chi connectivity index (χ0n) is 19.8. The van der Waals surface area contributed by atoms with Gasteiger partial charge in [-0.25, -0.2) is 9.18 Å². The number of amides is 1. The van der Waals surface area contributed by atoms with Crippen LogP contribution in [0, 0.1) is 5.82 Å². The molecule has 0 aliphatic heterocycles. The summed E-state index contributed by atoms with van der Waals surface area (Å²) >= 11 is 0. The second-order valence-corrected chi connectivity index (χ2v) is 7.80. The number of ether oxygens (including phenoxy) is 2. The Morgan fingerprint density at radius 1 is 0.973 bits per heavy atom. The van der Waals surface area contributed by atoms with Crippen molar-refractivity contribution in [1.29, 1.82) is 0 Å². The lowest BCUT2D eigenvalue weighted by atomic mass is 10.1. The fraction of sp³-hybridized carbons (Fsp3) is 0.143. The van der Waals surface area contributed by atoms with Crippen LogP contribution in [-0.2, 0) is 17.8 Å². The van der Waals surface area contributed by atoms with E-state index in [2.05, 4.69) is 4.99 Å². The number of hydrogen-bond acceptors (Lipinski definition) is 7. The molecule has 1 amide bonds. The molecule has 0 aliphatic rings. The first-order chi connectivity index (χ1) is 17.9. The van der Waals surface area contributed by atoms with E-state index in [4.69, 9.17) is 18.3 Å². The Kier molecular flexibility index (Phi) is 8.05. The summed E-state index contributed by atoms with van der Waals surface area (Å²) < 4.78 is 34.9. The van der Waals surface area contributed by atoms with Crippen LogP contribution in [0.5, 0.6) is 5.75 Å². The van der Waals surface area contributed by atoms with Crippen molar-refractivity contribution in [2.24, 2.45) is 4.99 Å². The molecule has 0 fully saturated rings. The number of aliphatic imine (C=N–C) groups is 1. The Labute approximate surface area is 211 Å². The van der Waals surface area contributed by atoms with Crippen LogP contribution in [0.4, 0.5) is 9.18 Å². The van der Waals surface area contributed by atoms with Gasteiger partial charge in [-0.15, -0.1) is 0 Å². The summed E-state index contributed by atoms with van der Waals surface area (Å²) in [6.07, 6.45) is 0.430.